The van der Waals surface area contributed by atoms with E-state index in [1.54, 1.807) is 18.2 Å². The van der Waals surface area contributed by atoms with Crippen LogP contribution in [0.2, 0.25) is 0 Å². The zero-order valence-corrected chi connectivity index (χ0v) is 13.5. The smallest absolute Gasteiger partial charge is 0.318 e. The first-order valence-corrected chi connectivity index (χ1v) is 7.42. The monoisotopic (exact) mass is 367 g/mol. The molecule has 26 heavy (non-hydrogen) atoms. The lowest BCUT2D eigenvalue weighted by molar-refractivity contribution is -0.141. The van der Waals surface area contributed by atoms with Gasteiger partial charge in [0.1, 0.15) is 11.5 Å². The Morgan fingerprint density at radius 2 is 2.00 bits per heavy atom. The van der Waals surface area contributed by atoms with E-state index < -0.39 is 17.8 Å². The van der Waals surface area contributed by atoms with Crippen LogP contribution in [0, 0.1) is 5.82 Å². The molecular weight excluding hydrogens is 354 g/mol. The predicted octanol–water partition coefficient (Wildman–Crippen LogP) is 3.08. The molecule has 0 bridgehead atoms. The van der Waals surface area contributed by atoms with Crippen molar-refractivity contribution in [2.75, 3.05) is 5.32 Å². The molecular formula is C16H13F4N5O. The minimum Gasteiger partial charge on any atom is -0.318 e. The maximum Gasteiger partial charge on any atom is 0.435 e. The lowest BCUT2D eigenvalue weighted by atomic mass is 10.2. The van der Waals surface area contributed by atoms with Crippen LogP contribution in [0.1, 0.15) is 21.7 Å². The van der Waals surface area contributed by atoms with Crippen molar-refractivity contribution in [2.24, 2.45) is 7.05 Å². The van der Waals surface area contributed by atoms with Gasteiger partial charge in [-0.15, -0.1) is 0 Å². The number of carbonyl (C=O) groups excluding carboxylic acids is 1. The van der Waals surface area contributed by atoms with Gasteiger partial charge < -0.3 is 5.32 Å². The molecule has 2 heterocycles. The summed E-state index contributed by atoms with van der Waals surface area (Å²) in [6.07, 6.45) is -1.87. The number of alkyl halides is 3. The highest BCUT2D eigenvalue weighted by molar-refractivity contribution is 6.03. The SMILES string of the molecule is Cn1nc(C(F)(F)F)cc1C(=O)Nc1cnn(Cc2ccccc2F)c1. The molecule has 136 valence electrons. The molecule has 0 aliphatic heterocycles. The molecule has 0 radical (unpaired) electrons. The minimum atomic E-state index is -4.64. The van der Waals surface area contributed by atoms with Crippen molar-refractivity contribution in [1.29, 1.82) is 0 Å². The summed E-state index contributed by atoms with van der Waals surface area (Å²) in [5, 5.41) is 9.72. The number of rotatable bonds is 4. The first-order valence-electron chi connectivity index (χ1n) is 7.42. The van der Waals surface area contributed by atoms with Gasteiger partial charge in [-0.3, -0.25) is 14.2 Å². The van der Waals surface area contributed by atoms with Crippen LogP contribution >= 0.6 is 0 Å². The molecule has 0 aliphatic carbocycles. The number of hydrogen-bond acceptors (Lipinski definition) is 3. The number of benzene rings is 1. The van der Waals surface area contributed by atoms with Gasteiger partial charge in [-0.25, -0.2) is 4.39 Å². The highest BCUT2D eigenvalue weighted by Gasteiger charge is 2.35. The highest BCUT2D eigenvalue weighted by Crippen LogP contribution is 2.28. The first-order chi connectivity index (χ1) is 12.2. The van der Waals surface area contributed by atoms with Gasteiger partial charge in [0.2, 0.25) is 0 Å². The number of aryl methyl sites for hydroxylation is 1. The fourth-order valence-electron chi connectivity index (χ4n) is 2.33. The molecule has 0 saturated heterocycles. The van der Waals surface area contributed by atoms with Crippen LogP contribution < -0.4 is 5.32 Å². The van der Waals surface area contributed by atoms with Crippen LogP contribution in [-0.2, 0) is 19.8 Å². The second kappa shape index (κ2) is 6.62. The maximum atomic E-state index is 13.6. The van der Waals surface area contributed by atoms with Gasteiger partial charge >= 0.3 is 6.18 Å². The van der Waals surface area contributed by atoms with Crippen LogP contribution in [0.5, 0.6) is 0 Å². The molecule has 0 spiro atoms. The van der Waals surface area contributed by atoms with Crippen LogP contribution in [-0.4, -0.2) is 25.5 Å². The van der Waals surface area contributed by atoms with Gasteiger partial charge in [0.15, 0.2) is 5.69 Å². The Balaban J connectivity index is 1.72. The van der Waals surface area contributed by atoms with Crippen molar-refractivity contribution in [3.05, 3.63) is 65.5 Å². The standard InChI is InChI=1S/C16H13F4N5O/c1-24-13(6-14(23-24)16(18,19)20)15(26)22-11-7-21-25(9-11)8-10-4-2-3-5-12(10)17/h2-7,9H,8H2,1H3,(H,22,26). The third kappa shape index (κ3) is 3.73. The fraction of sp³-hybridized carbons (Fsp3) is 0.188. The Labute approximate surface area is 145 Å². The molecule has 0 atom stereocenters. The number of halogens is 4. The minimum absolute atomic E-state index is 0.145. The zero-order valence-electron chi connectivity index (χ0n) is 13.5. The molecule has 6 nitrogen and oxygen atoms in total. The zero-order chi connectivity index (χ0) is 18.9. The van der Waals surface area contributed by atoms with Crippen LogP contribution in [0.3, 0.4) is 0 Å². The largest absolute Gasteiger partial charge is 0.435 e. The van der Waals surface area contributed by atoms with Gasteiger partial charge in [0, 0.05) is 24.9 Å². The summed E-state index contributed by atoms with van der Waals surface area (Å²) in [6, 6.07) is 6.84. The quantitative estimate of drug-likeness (QED) is 0.721. The van der Waals surface area contributed by atoms with Crippen LogP contribution in [0.4, 0.5) is 23.2 Å². The molecule has 1 N–H and O–H groups in total. The van der Waals surface area contributed by atoms with Crippen molar-refractivity contribution in [2.45, 2.75) is 12.7 Å². The Kier molecular flexibility index (Phi) is 4.49. The lowest BCUT2D eigenvalue weighted by Crippen LogP contribution is -2.15. The Morgan fingerprint density at radius 3 is 2.65 bits per heavy atom. The summed E-state index contributed by atoms with van der Waals surface area (Å²) in [5.41, 5.74) is -0.726. The maximum absolute atomic E-state index is 13.6. The van der Waals surface area contributed by atoms with E-state index in [2.05, 4.69) is 15.5 Å². The molecule has 3 rings (SSSR count). The summed E-state index contributed by atoms with van der Waals surface area (Å²) < 4.78 is 53.9. The third-order valence-electron chi connectivity index (χ3n) is 3.58. The van der Waals surface area contributed by atoms with Gasteiger partial charge in [-0.05, 0) is 6.07 Å². The van der Waals surface area contributed by atoms with Gasteiger partial charge in [-0.2, -0.15) is 23.4 Å². The fourth-order valence-corrected chi connectivity index (χ4v) is 2.33. The van der Waals surface area contributed by atoms with Crippen LogP contribution in [0.25, 0.3) is 0 Å². The van der Waals surface area contributed by atoms with Crippen molar-refractivity contribution in [3.63, 3.8) is 0 Å². The van der Waals surface area contributed by atoms with E-state index in [1.807, 2.05) is 0 Å². The Bertz CT molecular complexity index is 944. The number of hydrogen-bond donors (Lipinski definition) is 1. The van der Waals surface area contributed by atoms with E-state index in [-0.39, 0.29) is 23.7 Å². The highest BCUT2D eigenvalue weighted by atomic mass is 19.4. The van der Waals surface area contributed by atoms with Crippen molar-refractivity contribution < 1.29 is 22.4 Å². The number of amides is 1. The van der Waals surface area contributed by atoms with E-state index in [1.165, 1.54) is 30.2 Å². The second-order valence-electron chi connectivity index (χ2n) is 5.51. The average molecular weight is 367 g/mol. The molecule has 3 aromatic rings. The van der Waals surface area contributed by atoms with Crippen molar-refractivity contribution >= 4 is 11.6 Å². The Morgan fingerprint density at radius 1 is 1.27 bits per heavy atom. The number of anilines is 1. The number of nitrogens with zero attached hydrogens (tertiary/aromatic N) is 4. The van der Waals surface area contributed by atoms with Crippen LogP contribution in [0.15, 0.2) is 42.7 Å². The summed E-state index contributed by atoms with van der Waals surface area (Å²) in [7, 11) is 1.24. The molecule has 0 saturated carbocycles. The van der Waals surface area contributed by atoms with Gasteiger partial charge in [0.25, 0.3) is 5.91 Å². The molecule has 0 unspecified atom stereocenters. The van der Waals surface area contributed by atoms with Gasteiger partial charge in [0.05, 0.1) is 18.4 Å². The van der Waals surface area contributed by atoms with E-state index >= 15 is 0 Å². The number of carbonyl (C=O) groups is 1. The van der Waals surface area contributed by atoms with E-state index in [0.717, 1.165) is 4.68 Å². The second-order valence-corrected chi connectivity index (χ2v) is 5.51. The molecule has 0 aliphatic rings. The van der Waals surface area contributed by atoms with E-state index in [0.29, 0.717) is 11.6 Å². The van der Waals surface area contributed by atoms with Crippen molar-refractivity contribution in [3.8, 4) is 0 Å². The molecule has 1 amide bonds. The number of aromatic nitrogens is 4. The first kappa shape index (κ1) is 17.6. The predicted molar refractivity (Wildman–Crippen MR) is 83.9 cm³/mol. The third-order valence-corrected chi connectivity index (χ3v) is 3.58. The molecule has 0 fully saturated rings. The van der Waals surface area contributed by atoms with E-state index in [4.69, 9.17) is 0 Å². The van der Waals surface area contributed by atoms with Crippen molar-refractivity contribution in [1.82, 2.24) is 19.6 Å². The number of nitrogens with one attached hydrogen (secondary N) is 1. The average Bonchev–Trinajstić information content (AvgIpc) is 3.16. The summed E-state index contributed by atoms with van der Waals surface area (Å²) in [6.45, 7) is 0.145. The lowest BCUT2D eigenvalue weighted by Gasteiger charge is -2.03. The summed E-state index contributed by atoms with van der Waals surface area (Å²) >= 11 is 0. The van der Waals surface area contributed by atoms with E-state index in [9.17, 15) is 22.4 Å². The summed E-state index contributed by atoms with van der Waals surface area (Å²) in [5.74, 6) is -1.15. The Hall–Kier alpha value is -3.17. The normalized spacial score (nSPS) is 11.6. The topological polar surface area (TPSA) is 64.7 Å². The molecule has 1 aromatic carbocycles. The molecule has 2 aromatic heterocycles. The van der Waals surface area contributed by atoms with Gasteiger partial charge in [-0.1, -0.05) is 18.2 Å². The molecule has 10 heteroatoms. The summed E-state index contributed by atoms with van der Waals surface area (Å²) in [4.78, 5) is 12.2.